The fraction of sp³-hybridized carbons (Fsp3) is 0.259. The van der Waals surface area contributed by atoms with Gasteiger partial charge in [-0.2, -0.15) is 0 Å². The van der Waals surface area contributed by atoms with E-state index in [0.29, 0.717) is 9.59 Å². The summed E-state index contributed by atoms with van der Waals surface area (Å²) < 4.78 is 4.93. The van der Waals surface area contributed by atoms with Gasteiger partial charge in [-0.15, -0.1) is 0 Å². The fourth-order valence-electron chi connectivity index (χ4n) is 5.04. The smallest absolute Gasteiger partial charge is 1.00 e. The van der Waals surface area contributed by atoms with Crippen LogP contribution in [-0.4, -0.2) is 4.57 Å². The van der Waals surface area contributed by atoms with Gasteiger partial charge in [0.15, 0.2) is 0 Å². The Morgan fingerprint density at radius 3 is 2.23 bits per heavy atom. The summed E-state index contributed by atoms with van der Waals surface area (Å²) in [6.07, 6.45) is 2.47. The topological polar surface area (TPSA) is 4.93 Å². The molecule has 0 radical (unpaired) electrons. The molecule has 0 spiro atoms. The summed E-state index contributed by atoms with van der Waals surface area (Å²) in [5, 5.41) is 1.34. The first kappa shape index (κ1) is 24.3. The Morgan fingerprint density at radius 1 is 0.839 bits per heavy atom. The summed E-state index contributed by atoms with van der Waals surface area (Å²) in [7, 11) is 0. The fourth-order valence-corrected chi connectivity index (χ4v) is 12.1. The monoisotopic (exact) mass is 615 g/mol. The minimum Gasteiger partial charge on any atom is -1.00 e. The van der Waals surface area contributed by atoms with Crippen molar-refractivity contribution in [2.45, 2.75) is 38.3 Å². The number of rotatable bonds is 3. The third-order valence-electron chi connectivity index (χ3n) is 7.00. The predicted octanol–water partition coefficient (Wildman–Crippen LogP) is 1.35. The molecule has 0 fully saturated rings. The van der Waals surface area contributed by atoms with Gasteiger partial charge in [0.25, 0.3) is 0 Å². The van der Waals surface area contributed by atoms with Gasteiger partial charge in [-0.1, -0.05) is 0 Å². The summed E-state index contributed by atoms with van der Waals surface area (Å²) >= 11 is -1.15. The molecular formula is C27H27Cl2HfN. The molecule has 0 saturated heterocycles. The predicted molar refractivity (Wildman–Crippen MR) is 120 cm³/mol. The largest absolute Gasteiger partial charge is 1.00 e. The number of halogens is 2. The summed E-state index contributed by atoms with van der Waals surface area (Å²) in [5.41, 5.74) is 11.9. The van der Waals surface area contributed by atoms with Gasteiger partial charge in [0.2, 0.25) is 0 Å². The SMILES string of the molecule is CC1=C(C)C(C)[C]([Hf+2][CH]2C(n3c(C)cc4ccccc43)=Cc3ccccc32)=C1C.[Cl-].[Cl-]. The Balaban J connectivity index is 0.00000136. The molecule has 2 aromatic carbocycles. The first-order chi connectivity index (χ1) is 14.0. The van der Waals surface area contributed by atoms with Crippen LogP contribution in [0.25, 0.3) is 22.7 Å². The van der Waals surface area contributed by atoms with Crippen molar-refractivity contribution in [1.82, 2.24) is 4.57 Å². The number of benzene rings is 2. The van der Waals surface area contributed by atoms with Gasteiger partial charge in [-0.3, -0.25) is 0 Å². The van der Waals surface area contributed by atoms with E-state index in [-0.39, 0.29) is 24.8 Å². The van der Waals surface area contributed by atoms with Gasteiger partial charge in [-0.25, -0.2) is 0 Å². The molecule has 0 amide bonds. The van der Waals surface area contributed by atoms with E-state index < -0.39 is 22.9 Å². The maximum atomic E-state index is 2.54. The number of aromatic nitrogens is 1. The number of aryl methyl sites for hydroxylation is 1. The molecule has 2 aliphatic carbocycles. The number of allylic oxidation sites excluding steroid dienone is 5. The normalized spacial score (nSPS) is 19.7. The molecule has 1 aromatic heterocycles. The first-order valence-corrected chi connectivity index (χ1v) is 14.4. The second-order valence-electron chi connectivity index (χ2n) is 8.52. The van der Waals surface area contributed by atoms with Crippen molar-refractivity contribution in [3.63, 3.8) is 0 Å². The van der Waals surface area contributed by atoms with E-state index in [9.17, 15) is 0 Å². The van der Waals surface area contributed by atoms with Crippen LogP contribution in [0.15, 0.2) is 74.6 Å². The third kappa shape index (κ3) is 3.86. The summed E-state index contributed by atoms with van der Waals surface area (Å²) in [6, 6.07) is 20.2. The molecule has 1 heterocycles. The Bertz CT molecular complexity index is 1250. The molecule has 0 aliphatic heterocycles. The molecule has 2 atom stereocenters. The third-order valence-corrected chi connectivity index (χ3v) is 14.2. The van der Waals surface area contributed by atoms with Crippen molar-refractivity contribution >= 4 is 22.7 Å². The van der Waals surface area contributed by atoms with E-state index in [1.807, 2.05) is 3.33 Å². The standard InChI is InChI=1S/C18H14N.C9H13.2ClH.Hf/c1-13-10-16-8-4-5-9-18(16)19(13)17-11-14-6-2-3-7-15(14)12-17;1-6-5-7(2)9(4)8(6)3;;;/h2-12H,1H3;6H,1-4H3;2*1H;/q;;;;+2/p-2. The maximum absolute atomic E-state index is 2.54. The van der Waals surface area contributed by atoms with Gasteiger partial charge >= 0.3 is 186 Å². The molecule has 3 aromatic rings. The number of hydrogen-bond acceptors (Lipinski definition) is 0. The molecule has 2 aliphatic rings. The van der Waals surface area contributed by atoms with Gasteiger partial charge in [0.1, 0.15) is 0 Å². The molecule has 0 bridgehead atoms. The average molecular weight is 615 g/mol. The minimum atomic E-state index is -1.15. The van der Waals surface area contributed by atoms with Crippen LogP contribution >= 0.6 is 0 Å². The molecule has 5 rings (SSSR count). The van der Waals surface area contributed by atoms with E-state index in [0.717, 1.165) is 0 Å². The van der Waals surface area contributed by atoms with Gasteiger partial charge < -0.3 is 24.8 Å². The molecule has 31 heavy (non-hydrogen) atoms. The van der Waals surface area contributed by atoms with Crippen molar-refractivity contribution < 1.29 is 47.7 Å². The summed E-state index contributed by atoms with van der Waals surface area (Å²) in [4.78, 5) is 0. The number of para-hydroxylation sites is 1. The summed E-state index contributed by atoms with van der Waals surface area (Å²) in [5.74, 6) is 0.634. The Morgan fingerprint density at radius 2 is 1.52 bits per heavy atom. The van der Waals surface area contributed by atoms with Crippen LogP contribution in [0.3, 0.4) is 0 Å². The van der Waals surface area contributed by atoms with Crippen LogP contribution in [0.1, 0.15) is 48.2 Å². The van der Waals surface area contributed by atoms with Crippen LogP contribution in [0.5, 0.6) is 0 Å². The molecule has 1 nitrogen and oxygen atoms in total. The van der Waals surface area contributed by atoms with Crippen molar-refractivity contribution in [1.29, 1.82) is 0 Å². The van der Waals surface area contributed by atoms with Crippen molar-refractivity contribution in [2.24, 2.45) is 5.92 Å². The minimum absolute atomic E-state index is 0. The quantitative estimate of drug-likeness (QED) is 0.393. The van der Waals surface area contributed by atoms with E-state index in [4.69, 9.17) is 0 Å². The van der Waals surface area contributed by atoms with Crippen LogP contribution in [0.2, 0.25) is 0 Å². The molecule has 4 heteroatoms. The van der Waals surface area contributed by atoms with E-state index in [1.54, 1.807) is 22.3 Å². The van der Waals surface area contributed by atoms with E-state index in [1.165, 1.54) is 27.9 Å². The number of fused-ring (bicyclic) bond motifs is 2. The Hall–Kier alpha value is -1.35. The van der Waals surface area contributed by atoms with Crippen LogP contribution in [0, 0.1) is 12.8 Å². The molecule has 158 valence electrons. The molecule has 0 saturated carbocycles. The maximum Gasteiger partial charge on any atom is -1.00 e. The van der Waals surface area contributed by atoms with Crippen LogP contribution in [-0.2, 0) is 22.9 Å². The zero-order valence-corrected chi connectivity index (χ0v) is 23.7. The Labute approximate surface area is 209 Å². The second kappa shape index (κ2) is 9.25. The average Bonchev–Trinajstić information content (AvgIpc) is 3.30. The van der Waals surface area contributed by atoms with Gasteiger partial charge in [-0.05, 0) is 0 Å². The van der Waals surface area contributed by atoms with Crippen molar-refractivity contribution in [3.8, 4) is 0 Å². The van der Waals surface area contributed by atoms with Crippen molar-refractivity contribution in [2.75, 3.05) is 0 Å². The van der Waals surface area contributed by atoms with Gasteiger partial charge in [0.05, 0.1) is 0 Å². The van der Waals surface area contributed by atoms with Crippen molar-refractivity contribution in [3.05, 3.63) is 91.5 Å². The number of nitrogens with zero attached hydrogens (tertiary/aromatic N) is 1. The van der Waals surface area contributed by atoms with Gasteiger partial charge in [0, 0.05) is 0 Å². The number of hydrogen-bond donors (Lipinski definition) is 0. The second-order valence-corrected chi connectivity index (χ2v) is 13.6. The zero-order chi connectivity index (χ0) is 20.3. The molecule has 2 unspecified atom stereocenters. The zero-order valence-electron chi connectivity index (χ0n) is 18.6. The van der Waals surface area contributed by atoms with E-state index >= 15 is 0 Å². The molecular weight excluding hydrogens is 588 g/mol. The van der Waals surface area contributed by atoms with E-state index in [2.05, 4.69) is 99.9 Å². The first-order valence-electron chi connectivity index (χ1n) is 10.5. The van der Waals surface area contributed by atoms with Crippen LogP contribution in [0.4, 0.5) is 0 Å². The summed E-state index contributed by atoms with van der Waals surface area (Å²) in [6.45, 7) is 11.7. The Kier molecular flexibility index (Phi) is 7.25. The van der Waals surface area contributed by atoms with Crippen LogP contribution < -0.4 is 24.8 Å². The molecule has 0 N–H and O–H groups in total.